The van der Waals surface area contributed by atoms with E-state index in [2.05, 4.69) is 32.0 Å². The fourth-order valence-electron chi connectivity index (χ4n) is 2.14. The summed E-state index contributed by atoms with van der Waals surface area (Å²) in [5.74, 6) is 0. The summed E-state index contributed by atoms with van der Waals surface area (Å²) in [7, 11) is 0. The molecule has 0 saturated carbocycles. The third-order valence-electron chi connectivity index (χ3n) is 3.15. The molecule has 1 aromatic rings. The Morgan fingerprint density at radius 2 is 2.20 bits per heavy atom. The van der Waals surface area contributed by atoms with Gasteiger partial charge in [-0.2, -0.15) is 0 Å². The zero-order valence-corrected chi connectivity index (χ0v) is 9.42. The maximum absolute atomic E-state index is 9.42. The number of ether oxygens (including phenoxy) is 1. The lowest BCUT2D eigenvalue weighted by Gasteiger charge is -2.29. The van der Waals surface area contributed by atoms with Crippen molar-refractivity contribution in [2.45, 2.75) is 32.3 Å². The van der Waals surface area contributed by atoms with Crippen LogP contribution in [0.3, 0.4) is 0 Å². The molecular formula is C13H18O2. The molecular weight excluding hydrogens is 188 g/mol. The van der Waals surface area contributed by atoms with Crippen molar-refractivity contribution in [1.82, 2.24) is 0 Å². The third-order valence-corrected chi connectivity index (χ3v) is 3.15. The summed E-state index contributed by atoms with van der Waals surface area (Å²) < 4.78 is 5.43. The molecule has 0 unspecified atom stereocenters. The van der Waals surface area contributed by atoms with Crippen molar-refractivity contribution in [3.8, 4) is 0 Å². The number of aliphatic hydroxyl groups excluding tert-OH is 1. The second-order valence-electron chi connectivity index (χ2n) is 4.79. The topological polar surface area (TPSA) is 29.5 Å². The summed E-state index contributed by atoms with van der Waals surface area (Å²) in [6.07, 6.45) is 0.967. The van der Waals surface area contributed by atoms with E-state index in [-0.39, 0.29) is 12.0 Å². The molecule has 0 aliphatic carbocycles. The summed E-state index contributed by atoms with van der Waals surface area (Å²) in [5.41, 5.74) is 3.77. The molecule has 0 bridgehead atoms. The Balaban J connectivity index is 2.48. The van der Waals surface area contributed by atoms with Crippen molar-refractivity contribution in [3.63, 3.8) is 0 Å². The lowest BCUT2D eigenvalue weighted by molar-refractivity contribution is 0.109. The lowest BCUT2D eigenvalue weighted by atomic mass is 9.80. The Hall–Kier alpha value is -0.860. The summed E-state index contributed by atoms with van der Waals surface area (Å²) in [4.78, 5) is 0. The number of rotatable bonds is 2. The molecule has 1 aliphatic rings. The number of benzene rings is 1. The molecule has 0 spiro atoms. The van der Waals surface area contributed by atoms with Gasteiger partial charge in [0.2, 0.25) is 0 Å². The average Bonchev–Trinajstić information content (AvgIpc) is 2.28. The van der Waals surface area contributed by atoms with E-state index >= 15 is 0 Å². The minimum absolute atomic E-state index is 0.150. The highest BCUT2D eigenvalue weighted by Gasteiger charge is 2.25. The minimum Gasteiger partial charge on any atom is -0.395 e. The van der Waals surface area contributed by atoms with Crippen LogP contribution in [-0.4, -0.2) is 18.3 Å². The summed E-state index contributed by atoms with van der Waals surface area (Å²) >= 11 is 0. The monoisotopic (exact) mass is 206 g/mol. The van der Waals surface area contributed by atoms with E-state index in [0.29, 0.717) is 6.61 Å². The van der Waals surface area contributed by atoms with Gasteiger partial charge in [0, 0.05) is 5.41 Å². The van der Waals surface area contributed by atoms with Crippen LogP contribution in [0.2, 0.25) is 0 Å². The maximum atomic E-state index is 9.42. The van der Waals surface area contributed by atoms with E-state index in [1.807, 2.05) is 0 Å². The fourth-order valence-corrected chi connectivity index (χ4v) is 2.14. The molecule has 2 heteroatoms. The summed E-state index contributed by atoms with van der Waals surface area (Å²) in [5, 5.41) is 9.42. The first-order valence-electron chi connectivity index (χ1n) is 5.45. The van der Waals surface area contributed by atoms with Crippen molar-refractivity contribution < 1.29 is 9.84 Å². The highest BCUT2D eigenvalue weighted by Crippen LogP contribution is 2.30. The van der Waals surface area contributed by atoms with Gasteiger partial charge in [-0.3, -0.25) is 0 Å². The van der Waals surface area contributed by atoms with Crippen molar-refractivity contribution >= 4 is 0 Å². The first kappa shape index (κ1) is 10.7. The van der Waals surface area contributed by atoms with Gasteiger partial charge in [-0.25, -0.2) is 0 Å². The van der Waals surface area contributed by atoms with Gasteiger partial charge in [0.25, 0.3) is 0 Å². The predicted molar refractivity (Wildman–Crippen MR) is 59.9 cm³/mol. The molecule has 82 valence electrons. The molecule has 15 heavy (non-hydrogen) atoms. The van der Waals surface area contributed by atoms with Gasteiger partial charge in [0.15, 0.2) is 0 Å². The van der Waals surface area contributed by atoms with Crippen LogP contribution in [0, 0.1) is 0 Å². The van der Waals surface area contributed by atoms with Crippen molar-refractivity contribution in [2.75, 3.05) is 13.2 Å². The Morgan fingerprint density at radius 3 is 2.93 bits per heavy atom. The first-order valence-corrected chi connectivity index (χ1v) is 5.45. The van der Waals surface area contributed by atoms with E-state index in [1.54, 1.807) is 0 Å². The average molecular weight is 206 g/mol. The molecule has 1 N–H and O–H groups in total. The summed E-state index contributed by atoms with van der Waals surface area (Å²) in [6, 6.07) is 6.30. The minimum atomic E-state index is -0.150. The van der Waals surface area contributed by atoms with Crippen LogP contribution in [0.1, 0.15) is 30.5 Å². The molecule has 0 amide bonds. The highest BCUT2D eigenvalue weighted by atomic mass is 16.5. The van der Waals surface area contributed by atoms with Gasteiger partial charge in [0.05, 0.1) is 19.8 Å². The smallest absolute Gasteiger partial charge is 0.0719 e. The van der Waals surface area contributed by atoms with Gasteiger partial charge in [-0.05, 0) is 23.1 Å². The molecule has 0 saturated heterocycles. The SMILES string of the molecule is CC(C)(CO)c1cccc2c1CCOC2. The quantitative estimate of drug-likeness (QED) is 0.802. The molecule has 2 nitrogen and oxygen atoms in total. The lowest BCUT2D eigenvalue weighted by Crippen LogP contribution is -2.26. The van der Waals surface area contributed by atoms with E-state index in [9.17, 15) is 5.11 Å². The predicted octanol–water partition coefficient (Wildman–Crippen LogP) is 2.03. The first-order chi connectivity index (χ1) is 7.15. The van der Waals surface area contributed by atoms with Crippen LogP contribution in [0.5, 0.6) is 0 Å². The second kappa shape index (κ2) is 3.95. The Morgan fingerprint density at radius 1 is 1.40 bits per heavy atom. The van der Waals surface area contributed by atoms with Crippen molar-refractivity contribution in [2.24, 2.45) is 0 Å². The maximum Gasteiger partial charge on any atom is 0.0719 e. The van der Waals surface area contributed by atoms with Gasteiger partial charge in [-0.15, -0.1) is 0 Å². The molecule has 1 aromatic carbocycles. The fraction of sp³-hybridized carbons (Fsp3) is 0.538. The second-order valence-corrected chi connectivity index (χ2v) is 4.79. The third kappa shape index (κ3) is 1.92. The van der Waals surface area contributed by atoms with E-state index in [0.717, 1.165) is 13.0 Å². The van der Waals surface area contributed by atoms with E-state index in [4.69, 9.17) is 4.74 Å². The Kier molecular flexibility index (Phi) is 2.81. The number of hydrogen-bond acceptors (Lipinski definition) is 2. The number of hydrogen-bond donors (Lipinski definition) is 1. The van der Waals surface area contributed by atoms with Crippen LogP contribution >= 0.6 is 0 Å². The van der Waals surface area contributed by atoms with Gasteiger partial charge in [0.1, 0.15) is 0 Å². The van der Waals surface area contributed by atoms with Gasteiger partial charge in [-0.1, -0.05) is 32.0 Å². The Bertz CT molecular complexity index is 356. The van der Waals surface area contributed by atoms with Crippen LogP contribution in [0.25, 0.3) is 0 Å². The highest BCUT2D eigenvalue weighted by molar-refractivity contribution is 5.40. The Labute approximate surface area is 90.9 Å². The molecule has 0 atom stereocenters. The standard InChI is InChI=1S/C13H18O2/c1-13(2,9-14)12-5-3-4-10-8-15-7-6-11(10)12/h3-5,14H,6-9H2,1-2H3. The molecule has 1 heterocycles. The molecule has 0 fully saturated rings. The van der Waals surface area contributed by atoms with Crippen molar-refractivity contribution in [3.05, 3.63) is 34.9 Å². The van der Waals surface area contributed by atoms with Crippen LogP contribution in [-0.2, 0) is 23.2 Å². The zero-order chi connectivity index (χ0) is 10.9. The van der Waals surface area contributed by atoms with E-state index < -0.39 is 0 Å². The normalized spacial score (nSPS) is 16.2. The molecule has 1 aliphatic heterocycles. The van der Waals surface area contributed by atoms with Crippen molar-refractivity contribution in [1.29, 1.82) is 0 Å². The van der Waals surface area contributed by atoms with Crippen LogP contribution in [0.4, 0.5) is 0 Å². The van der Waals surface area contributed by atoms with E-state index in [1.165, 1.54) is 16.7 Å². The number of fused-ring (bicyclic) bond motifs is 1. The van der Waals surface area contributed by atoms with Crippen LogP contribution in [0.15, 0.2) is 18.2 Å². The number of aliphatic hydroxyl groups is 1. The summed E-state index contributed by atoms with van der Waals surface area (Å²) in [6.45, 7) is 5.86. The van der Waals surface area contributed by atoms with Crippen LogP contribution < -0.4 is 0 Å². The van der Waals surface area contributed by atoms with Gasteiger partial charge < -0.3 is 9.84 Å². The molecule has 0 radical (unpaired) electrons. The largest absolute Gasteiger partial charge is 0.395 e. The van der Waals surface area contributed by atoms with Gasteiger partial charge >= 0.3 is 0 Å². The zero-order valence-electron chi connectivity index (χ0n) is 9.42. The molecule has 2 rings (SSSR count). The molecule has 0 aromatic heterocycles.